The Balaban J connectivity index is 1.93. The lowest BCUT2D eigenvalue weighted by Crippen LogP contribution is -2.34. The maximum atomic E-state index is 12.3. The number of amides is 1. The van der Waals surface area contributed by atoms with Gasteiger partial charge in [-0.25, -0.2) is 4.79 Å². The van der Waals surface area contributed by atoms with E-state index in [0.29, 0.717) is 11.3 Å². The minimum Gasteiger partial charge on any atom is -0.467 e. The number of aryl methyl sites for hydroxylation is 1. The number of carbonyl (C=O) groups excluding carboxylic acids is 2. The molecule has 0 spiro atoms. The molecule has 6 nitrogen and oxygen atoms in total. The van der Waals surface area contributed by atoms with Crippen molar-refractivity contribution in [2.45, 2.75) is 13.0 Å². The quantitative estimate of drug-likeness (QED) is 0.746. The normalized spacial score (nSPS) is 11.9. The second-order valence-electron chi connectivity index (χ2n) is 5.36. The van der Waals surface area contributed by atoms with Gasteiger partial charge in [0.2, 0.25) is 0 Å². The van der Waals surface area contributed by atoms with Crippen LogP contribution >= 0.6 is 0 Å². The van der Waals surface area contributed by atoms with Crippen LogP contribution in [0.15, 0.2) is 53.1 Å². The Morgan fingerprint density at radius 1 is 1.12 bits per heavy atom. The zero-order chi connectivity index (χ0) is 17.1. The molecule has 0 unspecified atom stereocenters. The van der Waals surface area contributed by atoms with Gasteiger partial charge < -0.3 is 14.6 Å². The van der Waals surface area contributed by atoms with Crippen LogP contribution in [0.1, 0.15) is 27.9 Å². The van der Waals surface area contributed by atoms with E-state index in [-0.39, 0.29) is 5.69 Å². The van der Waals surface area contributed by atoms with Crippen LogP contribution < -0.4 is 5.32 Å². The molecule has 1 heterocycles. The van der Waals surface area contributed by atoms with Crippen molar-refractivity contribution in [1.29, 1.82) is 0 Å². The largest absolute Gasteiger partial charge is 0.467 e. The maximum absolute atomic E-state index is 12.3. The van der Waals surface area contributed by atoms with Crippen molar-refractivity contribution in [2.75, 3.05) is 7.11 Å². The molecule has 0 saturated carbocycles. The van der Waals surface area contributed by atoms with Crippen LogP contribution in [0, 0.1) is 6.92 Å². The lowest BCUT2D eigenvalue weighted by Gasteiger charge is -2.16. The van der Waals surface area contributed by atoms with Crippen molar-refractivity contribution < 1.29 is 18.8 Å². The van der Waals surface area contributed by atoms with Crippen LogP contribution in [-0.4, -0.2) is 24.1 Å². The van der Waals surface area contributed by atoms with Crippen LogP contribution in [0.5, 0.6) is 0 Å². The van der Waals surface area contributed by atoms with Gasteiger partial charge in [-0.3, -0.25) is 4.79 Å². The zero-order valence-electron chi connectivity index (χ0n) is 13.3. The number of hydrogen-bond acceptors (Lipinski definition) is 5. The first-order chi connectivity index (χ1) is 11.6. The zero-order valence-corrected chi connectivity index (χ0v) is 13.3. The van der Waals surface area contributed by atoms with Gasteiger partial charge in [0.05, 0.1) is 7.11 Å². The number of nitrogens with zero attached hydrogens (tertiary/aromatic N) is 1. The Morgan fingerprint density at radius 3 is 2.54 bits per heavy atom. The lowest BCUT2D eigenvalue weighted by atomic mass is 10.0. The van der Waals surface area contributed by atoms with Crippen molar-refractivity contribution in [1.82, 2.24) is 10.5 Å². The van der Waals surface area contributed by atoms with Crippen molar-refractivity contribution in [3.8, 4) is 0 Å². The van der Waals surface area contributed by atoms with Crippen LogP contribution in [0.3, 0.4) is 0 Å². The van der Waals surface area contributed by atoms with Crippen LogP contribution in [0.2, 0.25) is 0 Å². The molecule has 3 aromatic rings. The molecule has 1 N–H and O–H groups in total. The molecular weight excluding hydrogens is 308 g/mol. The monoisotopic (exact) mass is 324 g/mol. The van der Waals surface area contributed by atoms with Gasteiger partial charge in [-0.1, -0.05) is 41.6 Å². The SMILES string of the molecule is COC(=O)[C@@H](NC(=O)c1cc(C)on1)c1ccc2ccccc2c1. The number of esters is 1. The van der Waals surface area contributed by atoms with E-state index >= 15 is 0 Å². The van der Waals surface area contributed by atoms with E-state index in [2.05, 4.69) is 10.5 Å². The van der Waals surface area contributed by atoms with Crippen LogP contribution in [0.25, 0.3) is 10.8 Å². The number of nitrogens with one attached hydrogen (secondary N) is 1. The summed E-state index contributed by atoms with van der Waals surface area (Å²) >= 11 is 0. The topological polar surface area (TPSA) is 81.4 Å². The molecule has 3 rings (SSSR count). The van der Waals surface area contributed by atoms with Gasteiger partial charge >= 0.3 is 5.97 Å². The van der Waals surface area contributed by atoms with E-state index in [1.165, 1.54) is 13.2 Å². The van der Waals surface area contributed by atoms with E-state index in [1.54, 1.807) is 13.0 Å². The second-order valence-corrected chi connectivity index (χ2v) is 5.36. The fraction of sp³-hybridized carbons (Fsp3) is 0.167. The Kier molecular flexibility index (Phi) is 4.29. The van der Waals surface area contributed by atoms with Gasteiger partial charge in [-0.2, -0.15) is 0 Å². The van der Waals surface area contributed by atoms with E-state index in [4.69, 9.17) is 9.26 Å². The molecule has 0 saturated heterocycles. The summed E-state index contributed by atoms with van der Waals surface area (Å²) < 4.78 is 9.71. The molecular formula is C18H16N2O4. The smallest absolute Gasteiger partial charge is 0.333 e. The highest BCUT2D eigenvalue weighted by atomic mass is 16.5. The molecule has 0 aliphatic rings. The first kappa shape index (κ1) is 15.7. The molecule has 0 fully saturated rings. The molecule has 0 bridgehead atoms. The molecule has 0 aliphatic carbocycles. The number of aromatic nitrogens is 1. The molecule has 2 aromatic carbocycles. The highest BCUT2D eigenvalue weighted by molar-refractivity contribution is 5.96. The fourth-order valence-corrected chi connectivity index (χ4v) is 2.46. The third kappa shape index (κ3) is 3.12. The van der Waals surface area contributed by atoms with E-state index in [9.17, 15) is 9.59 Å². The number of rotatable bonds is 4. The Bertz CT molecular complexity index is 901. The van der Waals surface area contributed by atoms with E-state index < -0.39 is 17.9 Å². The molecule has 24 heavy (non-hydrogen) atoms. The maximum Gasteiger partial charge on any atom is 0.333 e. The van der Waals surface area contributed by atoms with E-state index in [1.807, 2.05) is 36.4 Å². The number of benzene rings is 2. The summed E-state index contributed by atoms with van der Waals surface area (Å²) in [7, 11) is 1.28. The Hall–Kier alpha value is -3.15. The molecule has 0 radical (unpaired) electrons. The molecule has 1 aromatic heterocycles. The third-order valence-corrected chi connectivity index (χ3v) is 3.68. The fourth-order valence-electron chi connectivity index (χ4n) is 2.46. The Morgan fingerprint density at radius 2 is 1.88 bits per heavy atom. The summed E-state index contributed by atoms with van der Waals surface area (Å²) in [6, 6.07) is 13.9. The van der Waals surface area contributed by atoms with Crippen molar-refractivity contribution in [3.05, 3.63) is 65.5 Å². The average molecular weight is 324 g/mol. The minimum absolute atomic E-state index is 0.113. The summed E-state index contributed by atoms with van der Waals surface area (Å²) in [6.07, 6.45) is 0. The summed E-state index contributed by atoms with van der Waals surface area (Å²) in [4.78, 5) is 24.4. The van der Waals surface area contributed by atoms with Gasteiger partial charge in [0.25, 0.3) is 5.91 Å². The summed E-state index contributed by atoms with van der Waals surface area (Å²) in [5.41, 5.74) is 0.747. The average Bonchev–Trinajstić information content (AvgIpc) is 3.05. The number of carbonyl (C=O) groups is 2. The van der Waals surface area contributed by atoms with E-state index in [0.717, 1.165) is 10.8 Å². The van der Waals surface area contributed by atoms with Crippen LogP contribution in [0.4, 0.5) is 0 Å². The standard InChI is InChI=1S/C18H16N2O4/c1-11-9-15(20-24-11)17(21)19-16(18(22)23-2)14-8-7-12-5-3-4-6-13(12)10-14/h3-10,16H,1-2H3,(H,19,21)/t16-/m0/s1. The molecule has 6 heteroatoms. The summed E-state index contributed by atoms with van der Waals surface area (Å²) in [5, 5.41) is 8.31. The number of fused-ring (bicyclic) bond motifs is 1. The first-order valence-corrected chi connectivity index (χ1v) is 7.39. The summed E-state index contributed by atoms with van der Waals surface area (Å²) in [5.74, 6) is -0.547. The van der Waals surface area contributed by atoms with Crippen molar-refractivity contribution in [2.24, 2.45) is 0 Å². The number of methoxy groups -OCH3 is 1. The first-order valence-electron chi connectivity index (χ1n) is 7.39. The predicted octanol–water partition coefficient (Wildman–Crippen LogP) is 2.78. The molecule has 0 aliphatic heterocycles. The highest BCUT2D eigenvalue weighted by Gasteiger charge is 2.25. The van der Waals surface area contributed by atoms with Gasteiger partial charge in [0.1, 0.15) is 5.76 Å². The second kappa shape index (κ2) is 6.54. The number of ether oxygens (including phenoxy) is 1. The number of hydrogen-bond donors (Lipinski definition) is 1. The molecule has 1 atom stereocenters. The van der Waals surface area contributed by atoms with Gasteiger partial charge in [-0.05, 0) is 29.3 Å². The minimum atomic E-state index is -0.927. The van der Waals surface area contributed by atoms with Crippen molar-refractivity contribution >= 4 is 22.6 Å². The summed E-state index contributed by atoms with van der Waals surface area (Å²) in [6.45, 7) is 1.69. The van der Waals surface area contributed by atoms with Gasteiger partial charge in [0, 0.05) is 6.07 Å². The highest BCUT2D eigenvalue weighted by Crippen LogP contribution is 2.22. The molecule has 1 amide bonds. The van der Waals surface area contributed by atoms with Gasteiger partial charge in [0.15, 0.2) is 11.7 Å². The molecule has 122 valence electrons. The predicted molar refractivity (Wildman–Crippen MR) is 87.4 cm³/mol. The van der Waals surface area contributed by atoms with Crippen molar-refractivity contribution in [3.63, 3.8) is 0 Å². The lowest BCUT2D eigenvalue weighted by molar-refractivity contribution is -0.143. The Labute approximate surface area is 138 Å². The third-order valence-electron chi connectivity index (χ3n) is 3.68. The van der Waals surface area contributed by atoms with Crippen LogP contribution in [-0.2, 0) is 9.53 Å². The van der Waals surface area contributed by atoms with Gasteiger partial charge in [-0.15, -0.1) is 0 Å².